The minimum absolute atomic E-state index is 0.694. The van der Waals surface area contributed by atoms with Gasteiger partial charge in [-0.25, -0.2) is 0 Å². The van der Waals surface area contributed by atoms with Gasteiger partial charge in [0, 0.05) is 6.54 Å². The topological polar surface area (TPSA) is 38.0 Å². The Hall–Kier alpha value is -0.600. The highest BCUT2D eigenvalue weighted by molar-refractivity contribution is 5.16. The third-order valence-corrected chi connectivity index (χ3v) is 0.939. The fraction of sp³-hybridized carbons (Fsp3) is 0.333. The highest BCUT2D eigenvalue weighted by Crippen LogP contribution is 1.89. The molecular formula is C6H12N2. The van der Waals surface area contributed by atoms with Crippen LogP contribution in [0.25, 0.3) is 0 Å². The third kappa shape index (κ3) is 2.55. The van der Waals surface area contributed by atoms with Gasteiger partial charge in [-0.3, -0.25) is 11.3 Å². The molecule has 0 aromatic heterocycles. The van der Waals surface area contributed by atoms with Crippen LogP contribution in [0.4, 0.5) is 0 Å². The predicted molar refractivity (Wildman–Crippen MR) is 36.1 cm³/mol. The molecule has 0 aromatic rings. The van der Waals surface area contributed by atoms with Crippen LogP contribution >= 0.6 is 0 Å². The average Bonchev–Trinajstić information content (AvgIpc) is 1.83. The van der Waals surface area contributed by atoms with Crippen molar-refractivity contribution in [2.75, 3.05) is 6.54 Å². The Labute approximate surface area is 50.0 Å². The SMILES string of the molecule is C=C/C(=C\C)CNN. The summed E-state index contributed by atoms with van der Waals surface area (Å²) in [4.78, 5) is 0. The summed E-state index contributed by atoms with van der Waals surface area (Å²) in [5.41, 5.74) is 3.65. The molecule has 2 heteroatoms. The quantitative estimate of drug-likeness (QED) is 0.318. The van der Waals surface area contributed by atoms with Gasteiger partial charge in [-0.2, -0.15) is 0 Å². The number of nitrogens with one attached hydrogen (secondary N) is 1. The van der Waals surface area contributed by atoms with E-state index in [1.54, 1.807) is 6.08 Å². The van der Waals surface area contributed by atoms with Gasteiger partial charge in [-0.15, -0.1) is 0 Å². The molecule has 0 aliphatic heterocycles. The monoisotopic (exact) mass is 112 g/mol. The summed E-state index contributed by atoms with van der Waals surface area (Å²) in [7, 11) is 0. The Morgan fingerprint density at radius 3 is 2.62 bits per heavy atom. The molecule has 46 valence electrons. The van der Waals surface area contributed by atoms with Gasteiger partial charge in [0.05, 0.1) is 0 Å². The summed E-state index contributed by atoms with van der Waals surface area (Å²) >= 11 is 0. The Bertz CT molecular complexity index is 94.7. The highest BCUT2D eigenvalue weighted by Gasteiger charge is 1.82. The molecular weight excluding hydrogens is 100 g/mol. The molecule has 0 amide bonds. The first-order valence-corrected chi connectivity index (χ1v) is 2.56. The maximum Gasteiger partial charge on any atom is 0.0345 e. The van der Waals surface area contributed by atoms with Gasteiger partial charge >= 0.3 is 0 Å². The predicted octanol–water partition coefficient (Wildman–Crippen LogP) is 0.582. The Morgan fingerprint density at radius 1 is 1.88 bits per heavy atom. The number of nitrogens with two attached hydrogens (primary N) is 1. The summed E-state index contributed by atoms with van der Waals surface area (Å²) in [6.07, 6.45) is 3.74. The van der Waals surface area contributed by atoms with Gasteiger partial charge in [0.2, 0.25) is 0 Å². The zero-order valence-corrected chi connectivity index (χ0v) is 5.15. The van der Waals surface area contributed by atoms with Crippen molar-refractivity contribution >= 4 is 0 Å². The molecule has 0 aliphatic rings. The molecule has 0 saturated heterocycles. The van der Waals surface area contributed by atoms with Crippen LogP contribution in [0.5, 0.6) is 0 Å². The van der Waals surface area contributed by atoms with Gasteiger partial charge < -0.3 is 0 Å². The van der Waals surface area contributed by atoms with E-state index < -0.39 is 0 Å². The lowest BCUT2D eigenvalue weighted by Gasteiger charge is -1.95. The summed E-state index contributed by atoms with van der Waals surface area (Å²) < 4.78 is 0. The lowest BCUT2D eigenvalue weighted by Crippen LogP contribution is -2.23. The second-order valence-corrected chi connectivity index (χ2v) is 1.45. The molecule has 3 N–H and O–H groups in total. The highest BCUT2D eigenvalue weighted by atomic mass is 15.2. The molecule has 0 fully saturated rings. The van der Waals surface area contributed by atoms with Crippen molar-refractivity contribution in [1.29, 1.82) is 0 Å². The Morgan fingerprint density at radius 2 is 2.50 bits per heavy atom. The van der Waals surface area contributed by atoms with Crippen LogP contribution in [0.2, 0.25) is 0 Å². The standard InChI is InChI=1S/C6H12N2/c1-3-6(4-2)5-8-7/h3-4,8H,1,5,7H2,2H3/b6-4+. The molecule has 0 radical (unpaired) electrons. The normalized spacial score (nSPS) is 11.5. The molecule has 0 aliphatic carbocycles. The van der Waals surface area contributed by atoms with Crippen LogP contribution in [-0.4, -0.2) is 6.54 Å². The third-order valence-electron chi connectivity index (χ3n) is 0.939. The molecule has 0 rings (SSSR count). The number of hydrogen-bond donors (Lipinski definition) is 2. The lowest BCUT2D eigenvalue weighted by atomic mass is 10.2. The lowest BCUT2D eigenvalue weighted by molar-refractivity contribution is 0.805. The van der Waals surface area contributed by atoms with Crippen molar-refractivity contribution in [3.63, 3.8) is 0 Å². The van der Waals surface area contributed by atoms with Crippen molar-refractivity contribution in [3.05, 3.63) is 24.3 Å². The van der Waals surface area contributed by atoms with E-state index in [2.05, 4.69) is 12.0 Å². The second-order valence-electron chi connectivity index (χ2n) is 1.45. The first kappa shape index (κ1) is 7.40. The molecule has 0 heterocycles. The van der Waals surface area contributed by atoms with E-state index in [0.29, 0.717) is 6.54 Å². The molecule has 2 nitrogen and oxygen atoms in total. The van der Waals surface area contributed by atoms with Gasteiger partial charge in [0.1, 0.15) is 0 Å². The first-order valence-electron chi connectivity index (χ1n) is 2.56. The van der Waals surface area contributed by atoms with E-state index in [0.717, 1.165) is 5.57 Å². The maximum absolute atomic E-state index is 5.04. The fourth-order valence-corrected chi connectivity index (χ4v) is 0.410. The molecule has 0 atom stereocenters. The number of rotatable bonds is 3. The minimum Gasteiger partial charge on any atom is -0.271 e. The summed E-state index contributed by atoms with van der Waals surface area (Å²) in [6, 6.07) is 0. The Balaban J connectivity index is 3.54. The fourth-order valence-electron chi connectivity index (χ4n) is 0.410. The van der Waals surface area contributed by atoms with Crippen molar-refractivity contribution in [2.24, 2.45) is 5.84 Å². The van der Waals surface area contributed by atoms with Gasteiger partial charge in [-0.05, 0) is 12.5 Å². The van der Waals surface area contributed by atoms with Crippen LogP contribution in [0.3, 0.4) is 0 Å². The average molecular weight is 112 g/mol. The summed E-state index contributed by atoms with van der Waals surface area (Å²) in [5.74, 6) is 5.04. The second kappa shape index (κ2) is 4.56. The van der Waals surface area contributed by atoms with E-state index in [1.165, 1.54) is 0 Å². The zero-order chi connectivity index (χ0) is 6.41. The Kier molecular flexibility index (Phi) is 4.21. The van der Waals surface area contributed by atoms with Gasteiger partial charge in [0.25, 0.3) is 0 Å². The molecule has 0 unspecified atom stereocenters. The maximum atomic E-state index is 5.04. The van der Waals surface area contributed by atoms with Gasteiger partial charge in [-0.1, -0.05) is 18.7 Å². The van der Waals surface area contributed by atoms with Crippen LogP contribution in [-0.2, 0) is 0 Å². The van der Waals surface area contributed by atoms with E-state index in [9.17, 15) is 0 Å². The van der Waals surface area contributed by atoms with Crippen molar-refractivity contribution in [3.8, 4) is 0 Å². The van der Waals surface area contributed by atoms with Crippen LogP contribution in [0, 0.1) is 0 Å². The van der Waals surface area contributed by atoms with Crippen molar-refractivity contribution in [2.45, 2.75) is 6.92 Å². The number of hydrogen-bond acceptors (Lipinski definition) is 2. The van der Waals surface area contributed by atoms with E-state index in [4.69, 9.17) is 5.84 Å². The molecule has 8 heavy (non-hydrogen) atoms. The van der Waals surface area contributed by atoms with Crippen LogP contribution in [0.15, 0.2) is 24.3 Å². The van der Waals surface area contributed by atoms with E-state index >= 15 is 0 Å². The van der Waals surface area contributed by atoms with Crippen molar-refractivity contribution < 1.29 is 0 Å². The van der Waals surface area contributed by atoms with E-state index in [-0.39, 0.29) is 0 Å². The number of allylic oxidation sites excluding steroid dienone is 1. The van der Waals surface area contributed by atoms with Crippen molar-refractivity contribution in [1.82, 2.24) is 5.43 Å². The summed E-state index contributed by atoms with van der Waals surface area (Å²) in [5, 5.41) is 0. The molecule has 0 saturated carbocycles. The zero-order valence-electron chi connectivity index (χ0n) is 5.15. The summed E-state index contributed by atoms with van der Waals surface area (Å²) in [6.45, 7) is 6.23. The van der Waals surface area contributed by atoms with Gasteiger partial charge in [0.15, 0.2) is 0 Å². The largest absolute Gasteiger partial charge is 0.271 e. The molecule has 0 aromatic carbocycles. The smallest absolute Gasteiger partial charge is 0.0345 e. The van der Waals surface area contributed by atoms with E-state index in [1.807, 2.05) is 13.0 Å². The van der Waals surface area contributed by atoms with Crippen LogP contribution < -0.4 is 11.3 Å². The van der Waals surface area contributed by atoms with Crippen LogP contribution in [0.1, 0.15) is 6.92 Å². The number of hydrazine groups is 1. The molecule has 0 spiro atoms. The molecule has 0 bridgehead atoms. The first-order chi connectivity index (χ1) is 3.85. The minimum atomic E-state index is 0.694.